The van der Waals surface area contributed by atoms with Gasteiger partial charge in [-0.25, -0.2) is 4.98 Å². The van der Waals surface area contributed by atoms with Gasteiger partial charge in [0.2, 0.25) is 5.91 Å². The van der Waals surface area contributed by atoms with Gasteiger partial charge in [-0.05, 0) is 38.6 Å². The molecule has 1 aliphatic carbocycles. The van der Waals surface area contributed by atoms with E-state index in [0.717, 1.165) is 55.7 Å². The molecule has 6 heteroatoms. The number of amides is 1. The van der Waals surface area contributed by atoms with Crippen LogP contribution in [0.15, 0.2) is 0 Å². The summed E-state index contributed by atoms with van der Waals surface area (Å²) >= 11 is 1.71. The van der Waals surface area contributed by atoms with Gasteiger partial charge in [0.05, 0.1) is 5.69 Å². The van der Waals surface area contributed by atoms with E-state index in [2.05, 4.69) is 4.90 Å². The van der Waals surface area contributed by atoms with Gasteiger partial charge in [0.1, 0.15) is 6.10 Å². The summed E-state index contributed by atoms with van der Waals surface area (Å²) in [6.45, 7) is 5.96. The van der Waals surface area contributed by atoms with Gasteiger partial charge in [0, 0.05) is 49.8 Å². The molecule has 0 aromatic carbocycles. The average molecular weight is 378 g/mol. The summed E-state index contributed by atoms with van der Waals surface area (Å²) in [4.78, 5) is 22.7. The predicted molar refractivity (Wildman–Crippen MR) is 104 cm³/mol. The Bertz CT molecular complexity index is 603. The number of ether oxygens (including phenoxy) is 1. The maximum atomic E-state index is 11.9. The first-order valence-corrected chi connectivity index (χ1v) is 11.2. The molecule has 3 heterocycles. The minimum Gasteiger partial charge on any atom is -0.467 e. The predicted octanol–water partition coefficient (Wildman–Crippen LogP) is 3.27. The fourth-order valence-corrected chi connectivity index (χ4v) is 5.34. The SMILES string of the molecule is CCC(=O)N1CCc2nc(OC3CCCN(C4CCC4)CC3)sc2CC1. The van der Waals surface area contributed by atoms with Crippen molar-refractivity contribution in [3.8, 4) is 5.19 Å². The van der Waals surface area contributed by atoms with Crippen LogP contribution in [0.25, 0.3) is 0 Å². The molecule has 4 rings (SSSR count). The molecule has 1 atom stereocenters. The van der Waals surface area contributed by atoms with E-state index in [1.807, 2.05) is 11.8 Å². The van der Waals surface area contributed by atoms with E-state index in [4.69, 9.17) is 9.72 Å². The summed E-state index contributed by atoms with van der Waals surface area (Å²) < 4.78 is 6.30. The Morgan fingerprint density at radius 1 is 1.12 bits per heavy atom. The number of hydrogen-bond acceptors (Lipinski definition) is 5. The zero-order valence-corrected chi connectivity index (χ0v) is 16.7. The Labute approximate surface area is 160 Å². The molecule has 1 saturated heterocycles. The highest BCUT2D eigenvalue weighted by Crippen LogP contribution is 2.31. The van der Waals surface area contributed by atoms with Crippen molar-refractivity contribution in [1.29, 1.82) is 0 Å². The first-order chi connectivity index (χ1) is 12.7. The fourth-order valence-electron chi connectivity index (χ4n) is 4.33. The zero-order chi connectivity index (χ0) is 17.9. The molecule has 0 radical (unpaired) electrons. The van der Waals surface area contributed by atoms with Gasteiger partial charge in [-0.2, -0.15) is 0 Å². The molecule has 0 spiro atoms. The van der Waals surface area contributed by atoms with Crippen molar-refractivity contribution in [2.75, 3.05) is 26.2 Å². The highest BCUT2D eigenvalue weighted by atomic mass is 32.1. The van der Waals surface area contributed by atoms with Crippen LogP contribution in [-0.2, 0) is 17.6 Å². The smallest absolute Gasteiger partial charge is 0.273 e. The summed E-state index contributed by atoms with van der Waals surface area (Å²) in [6, 6.07) is 0.846. The van der Waals surface area contributed by atoms with Crippen molar-refractivity contribution >= 4 is 17.2 Å². The lowest BCUT2D eigenvalue weighted by Gasteiger charge is -2.36. The Hall–Kier alpha value is -1.14. The van der Waals surface area contributed by atoms with Gasteiger partial charge in [-0.15, -0.1) is 0 Å². The summed E-state index contributed by atoms with van der Waals surface area (Å²) in [5, 5.41) is 0.854. The highest BCUT2D eigenvalue weighted by molar-refractivity contribution is 7.13. The molecule has 1 aromatic rings. The first-order valence-electron chi connectivity index (χ1n) is 10.4. The van der Waals surface area contributed by atoms with Crippen LogP contribution in [0.5, 0.6) is 5.19 Å². The van der Waals surface area contributed by atoms with Gasteiger partial charge in [-0.1, -0.05) is 24.7 Å². The number of nitrogens with zero attached hydrogens (tertiary/aromatic N) is 3. The van der Waals surface area contributed by atoms with E-state index in [9.17, 15) is 4.79 Å². The van der Waals surface area contributed by atoms with Gasteiger partial charge in [-0.3, -0.25) is 4.79 Å². The van der Waals surface area contributed by atoms with Crippen LogP contribution in [-0.4, -0.2) is 59.0 Å². The number of rotatable bonds is 4. The lowest BCUT2D eigenvalue weighted by molar-refractivity contribution is -0.130. The molecule has 0 bridgehead atoms. The Balaban J connectivity index is 1.32. The number of aromatic nitrogens is 1. The number of likely N-dealkylation sites (tertiary alicyclic amines) is 1. The van der Waals surface area contributed by atoms with E-state index in [1.165, 1.54) is 43.6 Å². The Morgan fingerprint density at radius 2 is 1.96 bits per heavy atom. The summed E-state index contributed by atoms with van der Waals surface area (Å²) in [7, 11) is 0. The van der Waals surface area contributed by atoms with Crippen molar-refractivity contribution in [3.63, 3.8) is 0 Å². The molecule has 1 unspecified atom stereocenters. The molecular weight excluding hydrogens is 346 g/mol. The lowest BCUT2D eigenvalue weighted by atomic mass is 9.91. The van der Waals surface area contributed by atoms with Gasteiger partial charge in [0.15, 0.2) is 0 Å². The van der Waals surface area contributed by atoms with Crippen LogP contribution < -0.4 is 4.74 Å². The topological polar surface area (TPSA) is 45.7 Å². The second-order valence-corrected chi connectivity index (χ2v) is 8.92. The van der Waals surface area contributed by atoms with Crippen molar-refractivity contribution in [2.45, 2.75) is 76.9 Å². The fraction of sp³-hybridized carbons (Fsp3) is 0.800. The second kappa shape index (κ2) is 8.26. The van der Waals surface area contributed by atoms with Crippen molar-refractivity contribution in [3.05, 3.63) is 10.6 Å². The van der Waals surface area contributed by atoms with Crippen LogP contribution >= 0.6 is 11.3 Å². The van der Waals surface area contributed by atoms with Crippen LogP contribution in [0.2, 0.25) is 0 Å². The maximum absolute atomic E-state index is 11.9. The van der Waals surface area contributed by atoms with Crippen molar-refractivity contribution in [1.82, 2.24) is 14.8 Å². The largest absolute Gasteiger partial charge is 0.467 e. The van der Waals surface area contributed by atoms with Crippen molar-refractivity contribution < 1.29 is 9.53 Å². The van der Waals surface area contributed by atoms with E-state index in [1.54, 1.807) is 11.3 Å². The monoisotopic (exact) mass is 377 g/mol. The third-order valence-electron chi connectivity index (χ3n) is 6.21. The number of thiazole rings is 1. The Morgan fingerprint density at radius 3 is 2.73 bits per heavy atom. The third kappa shape index (κ3) is 4.06. The van der Waals surface area contributed by atoms with Crippen LogP contribution in [0.4, 0.5) is 0 Å². The normalized spacial score (nSPS) is 25.1. The molecule has 5 nitrogen and oxygen atoms in total. The van der Waals surface area contributed by atoms with Crippen LogP contribution in [0.3, 0.4) is 0 Å². The number of carbonyl (C=O) groups is 1. The molecule has 1 amide bonds. The molecule has 1 aromatic heterocycles. The van der Waals surface area contributed by atoms with E-state index in [-0.39, 0.29) is 5.91 Å². The summed E-state index contributed by atoms with van der Waals surface area (Å²) in [5.74, 6) is 0.256. The van der Waals surface area contributed by atoms with E-state index in [0.29, 0.717) is 12.5 Å². The zero-order valence-electron chi connectivity index (χ0n) is 15.9. The molecule has 3 aliphatic rings. The molecular formula is C20H31N3O2S. The average Bonchev–Trinajstić information content (AvgIpc) is 2.74. The van der Waals surface area contributed by atoms with Crippen molar-refractivity contribution in [2.24, 2.45) is 0 Å². The third-order valence-corrected chi connectivity index (χ3v) is 7.26. The molecule has 26 heavy (non-hydrogen) atoms. The molecule has 0 N–H and O–H groups in total. The standard InChI is InChI=1S/C20H31N3O2S/c1-2-19(24)23-13-9-17-18(10-14-23)26-20(21-17)25-16-7-4-11-22(12-8-16)15-5-3-6-15/h15-16H,2-14H2,1H3. The molecule has 2 aliphatic heterocycles. The number of carbonyl (C=O) groups excluding carboxylic acids is 1. The Kier molecular flexibility index (Phi) is 5.79. The highest BCUT2D eigenvalue weighted by Gasteiger charge is 2.28. The lowest BCUT2D eigenvalue weighted by Crippen LogP contribution is -2.40. The van der Waals surface area contributed by atoms with E-state index >= 15 is 0 Å². The van der Waals surface area contributed by atoms with Crippen LogP contribution in [0, 0.1) is 0 Å². The molecule has 2 fully saturated rings. The van der Waals surface area contributed by atoms with E-state index < -0.39 is 0 Å². The summed E-state index contributed by atoms with van der Waals surface area (Å²) in [6.07, 6.45) is 10.4. The second-order valence-electron chi connectivity index (χ2n) is 7.88. The summed E-state index contributed by atoms with van der Waals surface area (Å²) in [5.41, 5.74) is 1.15. The minimum atomic E-state index is 0.256. The number of hydrogen-bond donors (Lipinski definition) is 0. The molecule has 144 valence electrons. The van der Waals surface area contributed by atoms with Gasteiger partial charge in [0.25, 0.3) is 5.19 Å². The minimum absolute atomic E-state index is 0.256. The quantitative estimate of drug-likeness (QED) is 0.808. The van der Waals surface area contributed by atoms with Crippen LogP contribution in [0.1, 0.15) is 62.4 Å². The maximum Gasteiger partial charge on any atom is 0.273 e. The first kappa shape index (κ1) is 18.2. The molecule has 1 saturated carbocycles. The number of fused-ring (bicyclic) bond motifs is 1. The van der Waals surface area contributed by atoms with Gasteiger partial charge < -0.3 is 14.5 Å². The van der Waals surface area contributed by atoms with Gasteiger partial charge >= 0.3 is 0 Å².